The molecule has 3 aromatic rings. The molecule has 0 aromatic heterocycles. The van der Waals surface area contributed by atoms with Gasteiger partial charge in [0.15, 0.2) is 5.78 Å². The van der Waals surface area contributed by atoms with Crippen molar-refractivity contribution in [1.29, 1.82) is 0 Å². The van der Waals surface area contributed by atoms with Gasteiger partial charge in [0.2, 0.25) is 0 Å². The number of allylic oxidation sites excluding steroid dienone is 1. The number of nitrogens with zero attached hydrogens (tertiary/aromatic N) is 1. The number of hydrogen-bond donors (Lipinski definition) is 3. The average molecular weight is 721 g/mol. The summed E-state index contributed by atoms with van der Waals surface area (Å²) in [4.78, 5) is 38.3. The van der Waals surface area contributed by atoms with Crippen molar-refractivity contribution in [1.82, 2.24) is 5.32 Å². The molecule has 0 amide bonds. The Labute approximate surface area is 300 Å². The summed E-state index contributed by atoms with van der Waals surface area (Å²) in [7, 11) is 1.64. The molecule has 0 saturated carbocycles. The van der Waals surface area contributed by atoms with E-state index in [0.717, 1.165) is 30.3 Å². The number of aliphatic imine (C=N–C) groups is 1. The van der Waals surface area contributed by atoms with E-state index in [0.29, 0.717) is 42.4 Å². The molecule has 0 fully saturated rings. The Morgan fingerprint density at radius 3 is 2.20 bits per heavy atom. The smallest absolute Gasteiger partial charge is 0.416 e. The third kappa shape index (κ3) is 17.8. The number of anilines is 1. The first-order valence-corrected chi connectivity index (χ1v) is 16.9. The van der Waals surface area contributed by atoms with Gasteiger partial charge in [-0.25, -0.2) is 0 Å². The van der Waals surface area contributed by atoms with Crippen LogP contribution in [0.2, 0.25) is 5.02 Å². The number of aryl methyl sites for hydroxylation is 1. The van der Waals surface area contributed by atoms with E-state index >= 15 is 0 Å². The van der Waals surface area contributed by atoms with Gasteiger partial charge in [-0.05, 0) is 61.4 Å². The van der Waals surface area contributed by atoms with Crippen molar-refractivity contribution in [2.75, 3.05) is 25.5 Å². The van der Waals surface area contributed by atoms with Crippen molar-refractivity contribution in [3.05, 3.63) is 105 Å². The van der Waals surface area contributed by atoms with Crippen LogP contribution in [0.5, 0.6) is 0 Å². The van der Waals surface area contributed by atoms with Crippen molar-refractivity contribution in [2.45, 2.75) is 74.5 Å². The molecule has 0 aliphatic carbocycles. The van der Waals surface area contributed by atoms with Crippen LogP contribution in [0.15, 0.2) is 77.4 Å². The first-order valence-electron chi connectivity index (χ1n) is 16.5. The number of halogens is 4. The second-order valence-electron chi connectivity index (χ2n) is 9.24. The number of ketones is 1. The van der Waals surface area contributed by atoms with Gasteiger partial charge in [-0.1, -0.05) is 77.4 Å². The van der Waals surface area contributed by atoms with Crippen LogP contribution in [-0.2, 0) is 22.3 Å². The Bertz CT molecular complexity index is 1510. The fraction of sp³-hybridized carbons (Fsp3) is 0.368. The van der Waals surface area contributed by atoms with Gasteiger partial charge < -0.3 is 21.1 Å². The summed E-state index contributed by atoms with van der Waals surface area (Å²) in [6.07, 6.45) is -1.12. The van der Waals surface area contributed by atoms with Crippen LogP contribution < -0.4 is 16.4 Å². The van der Waals surface area contributed by atoms with E-state index in [4.69, 9.17) is 22.1 Å². The van der Waals surface area contributed by atoms with Crippen LogP contribution in [0.3, 0.4) is 0 Å². The number of rotatable bonds is 12. The topological polar surface area (TPSA) is 123 Å². The molecule has 0 unspecified atom stereocenters. The number of carbonyl (C=O) groups excluding carboxylic acids is 3. The van der Waals surface area contributed by atoms with Gasteiger partial charge in [0, 0.05) is 54.4 Å². The maximum Gasteiger partial charge on any atom is 0.416 e. The van der Waals surface area contributed by atoms with E-state index in [-0.39, 0.29) is 28.4 Å². The minimum absolute atomic E-state index is 0.0166. The monoisotopic (exact) mass is 720 g/mol. The standard InChI is InChI=1S/C19H17ClF3N3O.C13H17NO3.3C2H6/c1-11-3-5-14(8-16(11)19(21,22)23)26-10-12(9-24)18(27)15-7-13(20)4-6-17(15)25-2;1-2-17-13(16)6-7-14-9-11-4-3-5-12(8-11)10-15;3*1-2/h3-10,25H,24H2,1-2H3;3-5,8,10,14H,2,6-7,9H2,1H3;3*1-2H3/b12-9+,26-10?;;;;. The van der Waals surface area contributed by atoms with Gasteiger partial charge >= 0.3 is 12.1 Å². The zero-order chi connectivity index (χ0) is 38.7. The van der Waals surface area contributed by atoms with Crippen LogP contribution in [0.1, 0.15) is 92.3 Å². The van der Waals surface area contributed by atoms with Crippen LogP contribution in [0.4, 0.5) is 24.5 Å². The molecule has 0 aliphatic heterocycles. The molecule has 0 atom stereocenters. The largest absolute Gasteiger partial charge is 0.466 e. The van der Waals surface area contributed by atoms with Crippen molar-refractivity contribution < 1.29 is 32.3 Å². The van der Waals surface area contributed by atoms with Crippen molar-refractivity contribution in [2.24, 2.45) is 10.7 Å². The average Bonchev–Trinajstić information content (AvgIpc) is 3.13. The highest BCUT2D eigenvalue weighted by atomic mass is 35.5. The lowest BCUT2D eigenvalue weighted by Crippen LogP contribution is -2.19. The number of nitrogens with two attached hydrogens (primary N) is 1. The summed E-state index contributed by atoms with van der Waals surface area (Å²) < 4.78 is 43.8. The maximum atomic E-state index is 13.0. The minimum Gasteiger partial charge on any atom is -0.466 e. The van der Waals surface area contributed by atoms with Crippen LogP contribution in [-0.4, -0.2) is 44.5 Å². The molecule has 0 heterocycles. The second-order valence-corrected chi connectivity index (χ2v) is 9.68. The predicted octanol–water partition coefficient (Wildman–Crippen LogP) is 9.76. The summed E-state index contributed by atoms with van der Waals surface area (Å²) in [6.45, 7) is 16.8. The van der Waals surface area contributed by atoms with Gasteiger partial charge in [-0.2, -0.15) is 13.2 Å². The molecule has 0 spiro atoms. The highest BCUT2D eigenvalue weighted by Crippen LogP contribution is 2.34. The molecule has 0 bridgehead atoms. The SMILES string of the molecule is CC.CC.CC.CCOC(=O)CCNCc1cccc(C=O)c1.CNc1ccc(Cl)cc1C(=O)/C(C=Nc1ccc(C)c(C(F)(F)F)c1)=C/N. The zero-order valence-corrected chi connectivity index (χ0v) is 31.3. The first kappa shape index (κ1) is 47.6. The van der Waals surface area contributed by atoms with E-state index < -0.39 is 17.5 Å². The lowest BCUT2D eigenvalue weighted by atomic mass is 10.0. The molecule has 8 nitrogen and oxygen atoms in total. The highest BCUT2D eigenvalue weighted by Gasteiger charge is 2.32. The lowest BCUT2D eigenvalue weighted by molar-refractivity contribution is -0.143. The summed E-state index contributed by atoms with van der Waals surface area (Å²) >= 11 is 5.94. The Morgan fingerprint density at radius 2 is 1.64 bits per heavy atom. The number of hydrogen-bond acceptors (Lipinski definition) is 8. The van der Waals surface area contributed by atoms with E-state index in [1.807, 2.05) is 59.7 Å². The fourth-order valence-corrected chi connectivity index (χ4v) is 4.00. The van der Waals surface area contributed by atoms with Gasteiger partial charge in [-0.3, -0.25) is 19.4 Å². The lowest BCUT2D eigenvalue weighted by Gasteiger charge is -2.11. The van der Waals surface area contributed by atoms with Crippen molar-refractivity contribution in [3.8, 4) is 0 Å². The van der Waals surface area contributed by atoms with Gasteiger partial charge in [0.05, 0.1) is 29.9 Å². The van der Waals surface area contributed by atoms with Crippen LogP contribution in [0.25, 0.3) is 0 Å². The van der Waals surface area contributed by atoms with Crippen molar-refractivity contribution in [3.63, 3.8) is 0 Å². The molecular weight excluding hydrogens is 669 g/mol. The van der Waals surface area contributed by atoms with Gasteiger partial charge in [0.25, 0.3) is 0 Å². The van der Waals surface area contributed by atoms with E-state index in [2.05, 4.69) is 15.6 Å². The Kier molecular flexibility index (Phi) is 26.1. The third-order valence-electron chi connectivity index (χ3n) is 6.04. The van der Waals surface area contributed by atoms with Crippen LogP contribution in [0, 0.1) is 6.92 Å². The normalized spacial score (nSPS) is 10.5. The summed E-state index contributed by atoms with van der Waals surface area (Å²) in [5.74, 6) is -0.655. The second kappa shape index (κ2) is 27.4. The maximum absolute atomic E-state index is 13.0. The molecule has 0 saturated heterocycles. The zero-order valence-electron chi connectivity index (χ0n) is 30.5. The van der Waals surface area contributed by atoms with Crippen LogP contribution >= 0.6 is 11.6 Å². The first-order chi connectivity index (χ1) is 23.9. The Balaban J connectivity index is 0. The quantitative estimate of drug-likeness (QED) is 0.0425. The minimum atomic E-state index is -4.49. The molecule has 4 N–H and O–H groups in total. The summed E-state index contributed by atoms with van der Waals surface area (Å²) in [5.41, 5.74) is 7.39. The molecular formula is C38H52ClF3N4O4. The summed E-state index contributed by atoms with van der Waals surface area (Å²) in [6, 6.07) is 15.8. The number of nitrogens with one attached hydrogen (secondary N) is 2. The number of ether oxygens (including phenoxy) is 1. The molecule has 276 valence electrons. The highest BCUT2D eigenvalue weighted by molar-refractivity contribution is 6.32. The fourth-order valence-electron chi connectivity index (χ4n) is 3.83. The molecule has 3 rings (SSSR count). The van der Waals surface area contributed by atoms with E-state index in [1.54, 1.807) is 32.2 Å². The molecule has 3 aromatic carbocycles. The molecule has 12 heteroatoms. The number of carbonyl (C=O) groups is 3. The third-order valence-corrected chi connectivity index (χ3v) is 6.28. The van der Waals surface area contributed by atoms with Crippen molar-refractivity contribution >= 4 is 47.2 Å². The molecule has 0 radical (unpaired) electrons. The molecule has 0 aliphatic rings. The Morgan fingerprint density at radius 1 is 0.980 bits per heavy atom. The number of Topliss-reactive ketones (excluding diaryl/α,β-unsaturated/α-hetero) is 1. The number of esters is 1. The number of aldehydes is 1. The van der Waals surface area contributed by atoms with Gasteiger partial charge in [-0.15, -0.1) is 0 Å². The van der Waals surface area contributed by atoms with Gasteiger partial charge in [0.1, 0.15) is 6.29 Å². The number of benzene rings is 3. The predicted molar refractivity (Wildman–Crippen MR) is 201 cm³/mol. The van der Waals surface area contributed by atoms with E-state index in [9.17, 15) is 27.6 Å². The molecule has 50 heavy (non-hydrogen) atoms. The van der Waals surface area contributed by atoms with E-state index in [1.165, 1.54) is 25.1 Å². The summed E-state index contributed by atoms with van der Waals surface area (Å²) in [5, 5.41) is 6.36. The Hall–Kier alpha value is -4.48. The number of alkyl halides is 3.